The molecule has 0 unspecified atom stereocenters. The summed E-state index contributed by atoms with van der Waals surface area (Å²) in [5.74, 6) is 0. The Morgan fingerprint density at radius 2 is 2.10 bits per heavy atom. The predicted octanol–water partition coefficient (Wildman–Crippen LogP) is 2.75. The molecule has 0 bridgehead atoms. The summed E-state index contributed by atoms with van der Waals surface area (Å²) in [6, 6.07) is 13.0. The molecule has 0 aliphatic carbocycles. The van der Waals surface area contributed by atoms with E-state index in [1.165, 1.54) is 16.8 Å². The monoisotopic (exact) mass is 267 g/mol. The highest BCUT2D eigenvalue weighted by atomic mass is 15.2. The van der Waals surface area contributed by atoms with Crippen LogP contribution in [0.5, 0.6) is 0 Å². The molecule has 3 rings (SSSR count). The second-order valence-corrected chi connectivity index (χ2v) is 5.24. The Balaban J connectivity index is 1.67. The zero-order valence-electron chi connectivity index (χ0n) is 12.0. The predicted molar refractivity (Wildman–Crippen MR) is 82.8 cm³/mol. The molecule has 1 aromatic carbocycles. The summed E-state index contributed by atoms with van der Waals surface area (Å²) in [4.78, 5) is 7.00. The summed E-state index contributed by atoms with van der Waals surface area (Å²) in [5.41, 5.74) is 5.21. The fourth-order valence-electron chi connectivity index (χ4n) is 2.69. The van der Waals surface area contributed by atoms with E-state index in [4.69, 9.17) is 0 Å². The molecule has 1 aliphatic heterocycles. The number of nitrogens with one attached hydrogen (secondary N) is 1. The van der Waals surface area contributed by atoms with Gasteiger partial charge in [-0.05, 0) is 36.2 Å². The molecular formula is C17H21N3. The first kappa shape index (κ1) is 13.1. The first-order valence-corrected chi connectivity index (χ1v) is 7.34. The number of aromatic nitrogens is 1. The lowest BCUT2D eigenvalue weighted by atomic mass is 10.2. The maximum Gasteiger partial charge on any atom is 0.0602 e. The average Bonchev–Trinajstić information content (AvgIpc) is 2.90. The number of hydrogen-bond donors (Lipinski definition) is 1. The highest BCUT2D eigenvalue weighted by molar-refractivity contribution is 5.57. The summed E-state index contributed by atoms with van der Waals surface area (Å²) >= 11 is 0. The third kappa shape index (κ3) is 2.83. The first-order valence-electron chi connectivity index (χ1n) is 7.34. The van der Waals surface area contributed by atoms with E-state index in [9.17, 15) is 0 Å². The Kier molecular flexibility index (Phi) is 3.97. The van der Waals surface area contributed by atoms with E-state index in [2.05, 4.69) is 58.5 Å². The Morgan fingerprint density at radius 1 is 1.20 bits per heavy atom. The summed E-state index contributed by atoms with van der Waals surface area (Å²) in [6.45, 7) is 6.01. The smallest absolute Gasteiger partial charge is 0.0602 e. The zero-order valence-corrected chi connectivity index (χ0v) is 12.0. The van der Waals surface area contributed by atoms with Crippen LogP contribution in [0.15, 0.2) is 42.6 Å². The standard InChI is InChI=1S/C17H21N3/c1-2-18-11-14-7-8-16(19-12-14)13-20-10-9-15-5-3-4-6-17(15)20/h3-8,12,18H,2,9-11,13H2,1H3. The maximum absolute atomic E-state index is 4.59. The minimum Gasteiger partial charge on any atom is -0.365 e. The van der Waals surface area contributed by atoms with Crippen LogP contribution in [0.2, 0.25) is 0 Å². The number of anilines is 1. The topological polar surface area (TPSA) is 28.2 Å². The quantitative estimate of drug-likeness (QED) is 0.903. The third-order valence-corrected chi connectivity index (χ3v) is 3.80. The fraction of sp³-hybridized carbons (Fsp3) is 0.353. The Hall–Kier alpha value is -1.87. The molecule has 2 heterocycles. The van der Waals surface area contributed by atoms with Crippen LogP contribution >= 0.6 is 0 Å². The van der Waals surface area contributed by atoms with E-state index >= 15 is 0 Å². The van der Waals surface area contributed by atoms with Crippen molar-refractivity contribution in [2.45, 2.75) is 26.4 Å². The van der Waals surface area contributed by atoms with Crippen LogP contribution in [0, 0.1) is 0 Å². The molecule has 0 radical (unpaired) electrons. The molecule has 1 aliphatic rings. The number of nitrogens with zero attached hydrogens (tertiary/aromatic N) is 2. The van der Waals surface area contributed by atoms with Crippen molar-refractivity contribution in [2.75, 3.05) is 18.0 Å². The number of pyridine rings is 1. The normalized spacial score (nSPS) is 13.6. The van der Waals surface area contributed by atoms with Gasteiger partial charge < -0.3 is 10.2 Å². The lowest BCUT2D eigenvalue weighted by Crippen LogP contribution is -2.20. The van der Waals surface area contributed by atoms with Crippen LogP contribution in [-0.2, 0) is 19.5 Å². The van der Waals surface area contributed by atoms with Crippen molar-refractivity contribution in [2.24, 2.45) is 0 Å². The van der Waals surface area contributed by atoms with Crippen molar-refractivity contribution in [3.05, 3.63) is 59.4 Å². The molecule has 0 spiro atoms. The number of hydrogen-bond acceptors (Lipinski definition) is 3. The Bertz CT molecular complexity index is 563. The van der Waals surface area contributed by atoms with Crippen LogP contribution < -0.4 is 10.2 Å². The highest BCUT2D eigenvalue weighted by Crippen LogP contribution is 2.28. The highest BCUT2D eigenvalue weighted by Gasteiger charge is 2.18. The van der Waals surface area contributed by atoms with Gasteiger partial charge in [0.05, 0.1) is 12.2 Å². The molecule has 1 N–H and O–H groups in total. The van der Waals surface area contributed by atoms with Crippen molar-refractivity contribution in [1.82, 2.24) is 10.3 Å². The van der Waals surface area contributed by atoms with E-state index in [1.54, 1.807) is 0 Å². The number of rotatable bonds is 5. The van der Waals surface area contributed by atoms with Crippen molar-refractivity contribution < 1.29 is 0 Å². The van der Waals surface area contributed by atoms with Gasteiger partial charge in [-0.3, -0.25) is 4.98 Å². The molecule has 104 valence electrons. The van der Waals surface area contributed by atoms with Crippen molar-refractivity contribution >= 4 is 5.69 Å². The van der Waals surface area contributed by atoms with E-state index in [0.29, 0.717) is 0 Å². The summed E-state index contributed by atoms with van der Waals surface area (Å²) in [7, 11) is 0. The molecule has 1 aromatic heterocycles. The molecule has 3 heteroatoms. The molecule has 3 nitrogen and oxygen atoms in total. The van der Waals surface area contributed by atoms with Crippen molar-refractivity contribution in [1.29, 1.82) is 0 Å². The van der Waals surface area contributed by atoms with Gasteiger partial charge in [0.1, 0.15) is 0 Å². The lowest BCUT2D eigenvalue weighted by molar-refractivity contribution is 0.722. The van der Waals surface area contributed by atoms with Crippen LogP contribution in [0.25, 0.3) is 0 Å². The van der Waals surface area contributed by atoms with Gasteiger partial charge in [-0.15, -0.1) is 0 Å². The Labute approximate surface area is 120 Å². The van der Waals surface area contributed by atoms with Gasteiger partial charge in [0.2, 0.25) is 0 Å². The minimum absolute atomic E-state index is 0.899. The van der Waals surface area contributed by atoms with Gasteiger partial charge in [0.15, 0.2) is 0 Å². The van der Waals surface area contributed by atoms with Gasteiger partial charge in [-0.25, -0.2) is 0 Å². The average molecular weight is 267 g/mol. The van der Waals surface area contributed by atoms with E-state index in [1.807, 2.05) is 6.20 Å². The van der Waals surface area contributed by atoms with Gasteiger partial charge in [-0.2, -0.15) is 0 Å². The summed E-state index contributed by atoms with van der Waals surface area (Å²) in [5, 5.41) is 3.32. The molecule has 0 saturated carbocycles. The first-order chi connectivity index (χ1) is 9.86. The summed E-state index contributed by atoms with van der Waals surface area (Å²) < 4.78 is 0. The molecule has 0 fully saturated rings. The SMILES string of the molecule is CCNCc1ccc(CN2CCc3ccccc32)nc1. The summed E-state index contributed by atoms with van der Waals surface area (Å²) in [6.07, 6.45) is 3.13. The lowest BCUT2D eigenvalue weighted by Gasteiger charge is -2.18. The molecule has 0 atom stereocenters. The van der Waals surface area contributed by atoms with Crippen LogP contribution in [-0.4, -0.2) is 18.1 Å². The van der Waals surface area contributed by atoms with Crippen LogP contribution in [0.4, 0.5) is 5.69 Å². The van der Waals surface area contributed by atoms with E-state index < -0.39 is 0 Å². The second-order valence-electron chi connectivity index (χ2n) is 5.24. The number of benzene rings is 1. The number of para-hydroxylation sites is 1. The van der Waals surface area contributed by atoms with Crippen LogP contribution in [0.1, 0.15) is 23.7 Å². The second kappa shape index (κ2) is 6.06. The van der Waals surface area contributed by atoms with Crippen molar-refractivity contribution in [3.8, 4) is 0 Å². The van der Waals surface area contributed by atoms with E-state index in [0.717, 1.165) is 38.3 Å². The molecule has 20 heavy (non-hydrogen) atoms. The van der Waals surface area contributed by atoms with Crippen molar-refractivity contribution in [3.63, 3.8) is 0 Å². The van der Waals surface area contributed by atoms with E-state index in [-0.39, 0.29) is 0 Å². The zero-order chi connectivity index (χ0) is 13.8. The minimum atomic E-state index is 0.899. The third-order valence-electron chi connectivity index (χ3n) is 3.80. The van der Waals surface area contributed by atoms with Gasteiger partial charge >= 0.3 is 0 Å². The van der Waals surface area contributed by atoms with Gasteiger partial charge in [0, 0.05) is 25.0 Å². The molecule has 0 saturated heterocycles. The van der Waals surface area contributed by atoms with Gasteiger partial charge in [0.25, 0.3) is 0 Å². The fourth-order valence-corrected chi connectivity index (χ4v) is 2.69. The van der Waals surface area contributed by atoms with Gasteiger partial charge in [-0.1, -0.05) is 31.2 Å². The maximum atomic E-state index is 4.59. The molecular weight excluding hydrogens is 246 g/mol. The molecule has 2 aromatic rings. The molecule has 0 amide bonds. The Morgan fingerprint density at radius 3 is 2.90 bits per heavy atom. The van der Waals surface area contributed by atoms with Crippen LogP contribution in [0.3, 0.4) is 0 Å². The number of fused-ring (bicyclic) bond motifs is 1. The largest absolute Gasteiger partial charge is 0.365 e.